The first-order valence-corrected chi connectivity index (χ1v) is 12.4. The van der Waals surface area contributed by atoms with Gasteiger partial charge in [0.2, 0.25) is 0 Å². The van der Waals surface area contributed by atoms with Crippen LogP contribution < -0.4 is 9.47 Å². The summed E-state index contributed by atoms with van der Waals surface area (Å²) in [5, 5.41) is 0. The lowest BCUT2D eigenvalue weighted by atomic mass is 9.76. The molecule has 0 radical (unpaired) electrons. The average Bonchev–Trinajstić information content (AvgIpc) is 3.14. The van der Waals surface area contributed by atoms with Gasteiger partial charge in [0, 0.05) is 22.1 Å². The van der Waals surface area contributed by atoms with Gasteiger partial charge >= 0.3 is 0 Å². The highest BCUT2D eigenvalue weighted by Crippen LogP contribution is 2.54. The van der Waals surface area contributed by atoms with Crippen LogP contribution in [-0.4, -0.2) is 6.61 Å². The lowest BCUT2D eigenvalue weighted by Crippen LogP contribution is -2.33. The van der Waals surface area contributed by atoms with E-state index >= 15 is 0 Å². The van der Waals surface area contributed by atoms with Crippen LogP contribution in [0.4, 0.5) is 0 Å². The number of hydrogen-bond donors (Lipinski definition) is 0. The molecule has 0 unspecified atom stereocenters. The number of fused-ring (bicyclic) bond motifs is 6. The highest BCUT2D eigenvalue weighted by Gasteiger charge is 2.46. The normalized spacial score (nSPS) is 15.0. The van der Waals surface area contributed by atoms with Crippen molar-refractivity contribution in [2.45, 2.75) is 38.7 Å². The monoisotopic (exact) mass is 458 g/mol. The Bertz CT molecular complexity index is 1410. The molecule has 0 saturated heterocycles. The Morgan fingerprint density at radius 3 is 1.97 bits per heavy atom. The maximum Gasteiger partial charge on any atom is 0.179 e. The quantitative estimate of drug-likeness (QED) is 0.307. The van der Waals surface area contributed by atoms with E-state index in [9.17, 15) is 0 Å². The summed E-state index contributed by atoms with van der Waals surface area (Å²) in [7, 11) is 0. The van der Waals surface area contributed by atoms with Crippen molar-refractivity contribution in [1.82, 2.24) is 0 Å². The smallest absolute Gasteiger partial charge is 0.179 e. The van der Waals surface area contributed by atoms with Gasteiger partial charge in [0.15, 0.2) is 5.60 Å². The minimum atomic E-state index is -0.587. The number of rotatable bonds is 4. The molecule has 0 amide bonds. The molecule has 0 bridgehead atoms. The van der Waals surface area contributed by atoms with Gasteiger partial charge in [0.05, 0.1) is 6.61 Å². The molecule has 2 heteroatoms. The van der Waals surface area contributed by atoms with Crippen LogP contribution in [0.1, 0.15) is 55.5 Å². The summed E-state index contributed by atoms with van der Waals surface area (Å²) < 4.78 is 12.6. The molecule has 1 aliphatic heterocycles. The molecule has 174 valence electrons. The van der Waals surface area contributed by atoms with Crippen molar-refractivity contribution >= 4 is 5.57 Å². The predicted molar refractivity (Wildman–Crippen MR) is 143 cm³/mol. The van der Waals surface area contributed by atoms with Crippen LogP contribution >= 0.6 is 0 Å². The topological polar surface area (TPSA) is 18.5 Å². The van der Waals surface area contributed by atoms with Crippen molar-refractivity contribution < 1.29 is 9.47 Å². The molecular weight excluding hydrogens is 428 g/mol. The molecule has 2 nitrogen and oxygen atoms in total. The van der Waals surface area contributed by atoms with Gasteiger partial charge in [0.1, 0.15) is 11.5 Å². The number of benzene rings is 4. The van der Waals surface area contributed by atoms with Crippen molar-refractivity contribution in [2.75, 3.05) is 6.61 Å². The molecule has 1 aliphatic carbocycles. The number of allylic oxidation sites excluding steroid dienone is 1. The highest BCUT2D eigenvalue weighted by molar-refractivity contribution is 5.85. The first-order chi connectivity index (χ1) is 16.9. The van der Waals surface area contributed by atoms with Crippen molar-refractivity contribution in [3.8, 4) is 22.6 Å². The van der Waals surface area contributed by atoms with Gasteiger partial charge in [-0.25, -0.2) is 0 Å². The van der Waals surface area contributed by atoms with Crippen LogP contribution in [0, 0.1) is 0 Å². The third kappa shape index (κ3) is 3.24. The van der Waals surface area contributed by atoms with Crippen molar-refractivity contribution in [1.29, 1.82) is 0 Å². The second kappa shape index (κ2) is 7.88. The zero-order chi connectivity index (χ0) is 24.2. The fraction of sp³-hybridized carbons (Fsp3) is 0.212. The highest BCUT2D eigenvalue weighted by atomic mass is 16.5. The van der Waals surface area contributed by atoms with Crippen molar-refractivity contribution in [3.63, 3.8) is 0 Å². The lowest BCUT2D eigenvalue weighted by Gasteiger charge is -2.36. The van der Waals surface area contributed by atoms with Crippen LogP contribution in [0.2, 0.25) is 0 Å². The third-order valence-corrected chi connectivity index (χ3v) is 7.65. The van der Waals surface area contributed by atoms with Gasteiger partial charge in [-0.2, -0.15) is 0 Å². The Kier molecular flexibility index (Phi) is 4.89. The summed E-state index contributed by atoms with van der Waals surface area (Å²) in [5.41, 5.74) is 9.12. The third-order valence-electron chi connectivity index (χ3n) is 7.65. The van der Waals surface area contributed by atoms with Gasteiger partial charge in [-0.1, -0.05) is 80.6 Å². The molecule has 0 fully saturated rings. The fourth-order valence-corrected chi connectivity index (χ4v) is 5.70. The van der Waals surface area contributed by atoms with Crippen molar-refractivity contribution in [2.24, 2.45) is 0 Å². The van der Waals surface area contributed by atoms with Gasteiger partial charge in [-0.3, -0.25) is 0 Å². The van der Waals surface area contributed by atoms with Gasteiger partial charge in [-0.05, 0) is 72.0 Å². The Morgan fingerprint density at radius 1 is 0.743 bits per heavy atom. The van der Waals surface area contributed by atoms with E-state index in [-0.39, 0.29) is 5.41 Å². The van der Waals surface area contributed by atoms with Crippen LogP contribution in [0.25, 0.3) is 16.7 Å². The Labute approximate surface area is 207 Å². The largest absolute Gasteiger partial charge is 0.494 e. The molecule has 0 atom stereocenters. The SMILES string of the molecule is CCOc1ccc(C(C)(C)c2ccc3c(c2)C(C)=CC2(O3)c3ccccc3-c3ccccc32)cc1. The zero-order valence-electron chi connectivity index (χ0n) is 20.8. The summed E-state index contributed by atoms with van der Waals surface area (Å²) in [6.07, 6.45) is 2.31. The molecule has 6 rings (SSSR count). The van der Waals surface area contributed by atoms with Gasteiger partial charge < -0.3 is 9.47 Å². The van der Waals surface area contributed by atoms with E-state index in [0.29, 0.717) is 6.61 Å². The van der Waals surface area contributed by atoms with E-state index in [1.807, 2.05) is 6.92 Å². The summed E-state index contributed by atoms with van der Waals surface area (Å²) in [6, 6.07) is 32.4. The molecule has 0 N–H and O–H groups in total. The molecule has 1 heterocycles. The fourth-order valence-electron chi connectivity index (χ4n) is 5.70. The van der Waals surface area contributed by atoms with E-state index in [4.69, 9.17) is 9.47 Å². The predicted octanol–water partition coefficient (Wildman–Crippen LogP) is 8.13. The van der Waals surface area contributed by atoms with E-state index < -0.39 is 5.60 Å². The second-order valence-corrected chi connectivity index (χ2v) is 10.0. The van der Waals surface area contributed by atoms with Gasteiger partial charge in [0.25, 0.3) is 0 Å². The van der Waals surface area contributed by atoms with Crippen LogP contribution in [-0.2, 0) is 11.0 Å². The zero-order valence-corrected chi connectivity index (χ0v) is 20.8. The van der Waals surface area contributed by atoms with Crippen LogP contribution in [0.15, 0.2) is 97.1 Å². The Balaban J connectivity index is 1.43. The first kappa shape index (κ1) is 21.7. The first-order valence-electron chi connectivity index (χ1n) is 12.4. The van der Waals surface area contributed by atoms with E-state index in [1.165, 1.54) is 39.0 Å². The molecule has 4 aromatic carbocycles. The maximum absolute atomic E-state index is 6.93. The molecule has 35 heavy (non-hydrogen) atoms. The van der Waals surface area contributed by atoms with Crippen LogP contribution in [0.5, 0.6) is 11.5 Å². The van der Waals surface area contributed by atoms with Gasteiger partial charge in [-0.15, -0.1) is 0 Å². The number of hydrogen-bond acceptors (Lipinski definition) is 2. The molecule has 2 aliphatic rings. The molecule has 0 saturated carbocycles. The van der Waals surface area contributed by atoms with Crippen molar-refractivity contribution in [3.05, 3.63) is 125 Å². The minimum Gasteiger partial charge on any atom is -0.494 e. The van der Waals surface area contributed by atoms with E-state index in [0.717, 1.165) is 17.1 Å². The lowest BCUT2D eigenvalue weighted by molar-refractivity contribution is 0.165. The molecule has 0 aromatic heterocycles. The maximum atomic E-state index is 6.93. The van der Waals surface area contributed by atoms with E-state index in [2.05, 4.69) is 118 Å². The number of ether oxygens (including phenoxy) is 2. The Morgan fingerprint density at radius 2 is 1.34 bits per heavy atom. The second-order valence-electron chi connectivity index (χ2n) is 10.0. The summed E-state index contributed by atoms with van der Waals surface area (Å²) in [4.78, 5) is 0. The molecule has 4 aromatic rings. The standard InChI is InChI=1S/C33H30O2/c1-5-34-25-17-14-23(15-18-25)32(3,4)24-16-19-31-28(20-24)22(2)21-33(35-31)29-12-8-6-10-26(29)27-11-7-9-13-30(27)33/h6-21H,5H2,1-4H3. The summed E-state index contributed by atoms with van der Waals surface area (Å²) in [6.45, 7) is 9.45. The summed E-state index contributed by atoms with van der Waals surface area (Å²) >= 11 is 0. The Hall–Kier alpha value is -3.78. The minimum absolute atomic E-state index is 0.151. The average molecular weight is 459 g/mol. The van der Waals surface area contributed by atoms with E-state index in [1.54, 1.807) is 0 Å². The molecule has 1 spiro atoms. The van der Waals surface area contributed by atoms with Crippen LogP contribution in [0.3, 0.4) is 0 Å². The summed E-state index contributed by atoms with van der Waals surface area (Å²) in [5.74, 6) is 1.84. The molecular formula is C33H30O2.